The first kappa shape index (κ1) is 16.1. The lowest BCUT2D eigenvalue weighted by Crippen LogP contribution is -2.22. The van der Waals surface area contributed by atoms with E-state index in [1.165, 1.54) is 23.3 Å². The first-order valence-corrected chi connectivity index (χ1v) is 8.24. The average molecular weight is 339 g/mol. The molecule has 0 bridgehead atoms. The van der Waals surface area contributed by atoms with Crippen LogP contribution < -0.4 is 9.75 Å². The topological polar surface area (TPSA) is 54.8 Å². The Hall–Kier alpha value is -2.73. The van der Waals surface area contributed by atoms with Crippen LogP contribution in [0.25, 0.3) is 10.2 Å². The summed E-state index contributed by atoms with van der Waals surface area (Å²) in [4.78, 5) is 16.5. The van der Waals surface area contributed by atoms with Crippen molar-refractivity contribution in [2.75, 3.05) is 12.1 Å². The Morgan fingerprint density at radius 2 is 2.00 bits per heavy atom. The van der Waals surface area contributed by atoms with Crippen LogP contribution in [0.3, 0.4) is 0 Å². The van der Waals surface area contributed by atoms with Gasteiger partial charge < -0.3 is 4.74 Å². The molecule has 0 saturated heterocycles. The van der Waals surface area contributed by atoms with Gasteiger partial charge in [-0.2, -0.15) is 10.1 Å². The Labute approximate surface area is 144 Å². The number of fused-ring (bicyclic) bond motifs is 1. The molecule has 122 valence electrons. The van der Waals surface area contributed by atoms with E-state index in [1.807, 2.05) is 43.3 Å². The number of hydrogen-bond donors (Lipinski definition) is 0. The van der Waals surface area contributed by atoms with Crippen LogP contribution in [-0.4, -0.2) is 24.2 Å². The van der Waals surface area contributed by atoms with Gasteiger partial charge in [0.1, 0.15) is 5.75 Å². The molecule has 0 spiro atoms. The highest BCUT2D eigenvalue weighted by Crippen LogP contribution is 2.29. The minimum Gasteiger partial charge on any atom is -0.497 e. The van der Waals surface area contributed by atoms with Crippen molar-refractivity contribution in [2.24, 2.45) is 5.10 Å². The number of benzene rings is 2. The lowest BCUT2D eigenvalue weighted by Gasteiger charge is -2.10. The largest absolute Gasteiger partial charge is 0.497 e. The molecule has 6 heteroatoms. The van der Waals surface area contributed by atoms with Gasteiger partial charge in [0, 0.05) is 6.92 Å². The second-order valence-corrected chi connectivity index (χ2v) is 6.33. The number of amides is 1. The van der Waals surface area contributed by atoms with Crippen LogP contribution in [0.15, 0.2) is 47.6 Å². The molecule has 0 saturated carbocycles. The molecule has 3 aromatic rings. The number of aromatic nitrogens is 1. The number of anilines is 1. The number of carbonyl (C=O) groups excluding carboxylic acids is 1. The van der Waals surface area contributed by atoms with Gasteiger partial charge >= 0.3 is 0 Å². The van der Waals surface area contributed by atoms with Gasteiger partial charge in [0.15, 0.2) is 0 Å². The van der Waals surface area contributed by atoms with E-state index in [0.29, 0.717) is 5.13 Å². The maximum absolute atomic E-state index is 12.0. The van der Waals surface area contributed by atoms with Crippen molar-refractivity contribution in [3.8, 4) is 5.75 Å². The highest BCUT2D eigenvalue weighted by molar-refractivity contribution is 7.22. The van der Waals surface area contributed by atoms with E-state index in [0.717, 1.165) is 27.1 Å². The maximum atomic E-state index is 12.0. The molecule has 1 amide bonds. The van der Waals surface area contributed by atoms with Crippen LogP contribution in [-0.2, 0) is 4.79 Å². The van der Waals surface area contributed by atoms with Crippen molar-refractivity contribution in [1.29, 1.82) is 0 Å². The Morgan fingerprint density at radius 1 is 1.25 bits per heavy atom. The van der Waals surface area contributed by atoms with E-state index in [-0.39, 0.29) is 5.91 Å². The summed E-state index contributed by atoms with van der Waals surface area (Å²) in [5, 5.41) is 6.19. The molecule has 0 fully saturated rings. The normalized spacial score (nSPS) is 11.1. The number of hydrogen-bond acceptors (Lipinski definition) is 5. The van der Waals surface area contributed by atoms with Gasteiger partial charge in [-0.05, 0) is 54.4 Å². The average Bonchev–Trinajstić information content (AvgIpc) is 2.98. The van der Waals surface area contributed by atoms with Gasteiger partial charge in [0.05, 0.1) is 23.5 Å². The van der Waals surface area contributed by atoms with E-state index >= 15 is 0 Å². The van der Waals surface area contributed by atoms with E-state index in [1.54, 1.807) is 13.3 Å². The first-order chi connectivity index (χ1) is 11.6. The number of ether oxygens (including phenoxy) is 1. The summed E-state index contributed by atoms with van der Waals surface area (Å²) in [6.45, 7) is 3.51. The quantitative estimate of drug-likeness (QED) is 0.533. The number of thiazole rings is 1. The number of methoxy groups -OCH3 is 1. The highest BCUT2D eigenvalue weighted by atomic mass is 32.1. The molecule has 24 heavy (non-hydrogen) atoms. The Kier molecular flexibility index (Phi) is 4.57. The van der Waals surface area contributed by atoms with E-state index in [4.69, 9.17) is 4.74 Å². The number of aryl methyl sites for hydroxylation is 1. The SMILES string of the molecule is COc1ccc(/C=N\N(C(C)=O)c2nc3ccc(C)cc3s2)cc1. The van der Waals surface area contributed by atoms with Gasteiger partial charge in [-0.1, -0.05) is 17.4 Å². The minimum absolute atomic E-state index is 0.185. The zero-order valence-electron chi connectivity index (χ0n) is 13.7. The molecular formula is C18H17N3O2S. The van der Waals surface area contributed by atoms with E-state index in [9.17, 15) is 4.79 Å². The number of carbonyl (C=O) groups is 1. The summed E-state index contributed by atoms with van der Waals surface area (Å²) >= 11 is 1.45. The summed E-state index contributed by atoms with van der Waals surface area (Å²) in [6, 6.07) is 13.5. The summed E-state index contributed by atoms with van der Waals surface area (Å²) in [5.41, 5.74) is 2.90. The van der Waals surface area contributed by atoms with Crippen molar-refractivity contribution in [3.05, 3.63) is 53.6 Å². The third kappa shape index (κ3) is 3.44. The molecule has 0 unspecified atom stereocenters. The van der Waals surface area contributed by atoms with Crippen LogP contribution in [0.1, 0.15) is 18.1 Å². The summed E-state index contributed by atoms with van der Waals surface area (Å²) in [5.74, 6) is 0.590. The third-order valence-corrected chi connectivity index (χ3v) is 4.44. The zero-order chi connectivity index (χ0) is 17.1. The molecular weight excluding hydrogens is 322 g/mol. The second-order valence-electron chi connectivity index (χ2n) is 5.32. The summed E-state index contributed by atoms with van der Waals surface area (Å²) in [7, 11) is 1.62. The monoisotopic (exact) mass is 339 g/mol. The van der Waals surface area contributed by atoms with Crippen LogP contribution in [0.5, 0.6) is 5.75 Å². The molecule has 0 N–H and O–H groups in total. The van der Waals surface area contributed by atoms with Gasteiger partial charge in [-0.15, -0.1) is 0 Å². The van der Waals surface area contributed by atoms with Crippen molar-refractivity contribution in [1.82, 2.24) is 4.98 Å². The minimum atomic E-state index is -0.185. The van der Waals surface area contributed by atoms with Gasteiger partial charge in [0.2, 0.25) is 11.0 Å². The van der Waals surface area contributed by atoms with Crippen LogP contribution in [0.4, 0.5) is 5.13 Å². The maximum Gasteiger partial charge on any atom is 0.246 e. The van der Waals surface area contributed by atoms with Gasteiger partial charge in [-0.25, -0.2) is 4.98 Å². The van der Waals surface area contributed by atoms with Gasteiger partial charge in [0.25, 0.3) is 0 Å². The van der Waals surface area contributed by atoms with Crippen molar-refractivity contribution < 1.29 is 9.53 Å². The Morgan fingerprint density at radius 3 is 2.67 bits per heavy atom. The number of rotatable bonds is 4. The lowest BCUT2D eigenvalue weighted by molar-refractivity contribution is -0.116. The molecule has 0 aliphatic heterocycles. The number of nitrogens with zero attached hydrogens (tertiary/aromatic N) is 3. The standard InChI is InChI=1S/C18H17N3O2S/c1-12-4-9-16-17(10-12)24-18(20-16)21(13(2)22)19-11-14-5-7-15(23-3)8-6-14/h4-11H,1-3H3/b19-11-. The molecule has 5 nitrogen and oxygen atoms in total. The molecule has 1 aromatic heterocycles. The summed E-state index contributed by atoms with van der Waals surface area (Å²) < 4.78 is 6.17. The second kappa shape index (κ2) is 6.80. The first-order valence-electron chi connectivity index (χ1n) is 7.43. The van der Waals surface area contributed by atoms with Crippen molar-refractivity contribution >= 4 is 38.8 Å². The van der Waals surface area contributed by atoms with E-state index < -0.39 is 0 Å². The molecule has 0 aliphatic rings. The third-order valence-electron chi connectivity index (χ3n) is 3.45. The fourth-order valence-electron chi connectivity index (χ4n) is 2.19. The number of hydrazone groups is 1. The molecule has 2 aromatic carbocycles. The predicted molar refractivity (Wildman–Crippen MR) is 98.1 cm³/mol. The highest BCUT2D eigenvalue weighted by Gasteiger charge is 2.15. The molecule has 0 aliphatic carbocycles. The van der Waals surface area contributed by atoms with Crippen LogP contribution in [0, 0.1) is 6.92 Å². The van der Waals surface area contributed by atoms with Crippen LogP contribution in [0.2, 0.25) is 0 Å². The van der Waals surface area contributed by atoms with Crippen LogP contribution >= 0.6 is 11.3 Å². The lowest BCUT2D eigenvalue weighted by atomic mass is 10.2. The smallest absolute Gasteiger partial charge is 0.246 e. The predicted octanol–water partition coefficient (Wildman–Crippen LogP) is 4.00. The Balaban J connectivity index is 1.90. The van der Waals surface area contributed by atoms with Gasteiger partial charge in [-0.3, -0.25) is 4.79 Å². The molecule has 0 radical (unpaired) electrons. The molecule has 0 atom stereocenters. The fraction of sp³-hybridized carbons (Fsp3) is 0.167. The summed E-state index contributed by atoms with van der Waals surface area (Å²) in [6.07, 6.45) is 1.64. The fourth-order valence-corrected chi connectivity index (χ4v) is 3.26. The van der Waals surface area contributed by atoms with Crippen molar-refractivity contribution in [2.45, 2.75) is 13.8 Å². The van der Waals surface area contributed by atoms with Crippen molar-refractivity contribution in [3.63, 3.8) is 0 Å². The molecule has 3 rings (SSSR count). The Bertz CT molecular complexity index is 900. The molecule has 1 heterocycles. The van der Waals surface area contributed by atoms with E-state index in [2.05, 4.69) is 16.2 Å². The zero-order valence-corrected chi connectivity index (χ0v) is 14.5.